The molecular formula is C8H11N5. The molecule has 0 fully saturated rings. The Morgan fingerprint density at radius 1 is 1.31 bits per heavy atom. The van der Waals surface area contributed by atoms with Crippen molar-refractivity contribution in [2.24, 2.45) is 21.8 Å². The summed E-state index contributed by atoms with van der Waals surface area (Å²) in [7, 11) is 0. The first-order valence-corrected chi connectivity index (χ1v) is 3.70. The second-order valence-corrected chi connectivity index (χ2v) is 2.30. The van der Waals surface area contributed by atoms with Crippen LogP contribution in [0.15, 0.2) is 40.5 Å². The van der Waals surface area contributed by atoms with Gasteiger partial charge in [0.05, 0.1) is 6.21 Å². The van der Waals surface area contributed by atoms with Gasteiger partial charge >= 0.3 is 0 Å². The van der Waals surface area contributed by atoms with E-state index in [1.807, 2.05) is 30.3 Å². The summed E-state index contributed by atoms with van der Waals surface area (Å²) in [4.78, 5) is 0. The molecule has 0 aromatic heterocycles. The largest absolute Gasteiger partial charge is 0.367 e. The van der Waals surface area contributed by atoms with Gasteiger partial charge < -0.3 is 11.6 Å². The lowest BCUT2D eigenvalue weighted by Gasteiger charge is -1.95. The molecule has 13 heavy (non-hydrogen) atoms. The summed E-state index contributed by atoms with van der Waals surface area (Å²) in [6.45, 7) is 0. The van der Waals surface area contributed by atoms with Gasteiger partial charge in [0.2, 0.25) is 5.96 Å². The minimum absolute atomic E-state index is 0.0761. The van der Waals surface area contributed by atoms with E-state index in [1.54, 1.807) is 6.21 Å². The average molecular weight is 177 g/mol. The van der Waals surface area contributed by atoms with Crippen molar-refractivity contribution in [1.82, 2.24) is 5.43 Å². The van der Waals surface area contributed by atoms with E-state index in [2.05, 4.69) is 15.6 Å². The zero-order valence-electron chi connectivity index (χ0n) is 7.01. The number of nitrogens with one attached hydrogen (secondary N) is 1. The van der Waals surface area contributed by atoms with Gasteiger partial charge in [0, 0.05) is 0 Å². The van der Waals surface area contributed by atoms with Gasteiger partial charge in [0.25, 0.3) is 0 Å². The molecule has 1 rings (SSSR count). The second-order valence-electron chi connectivity index (χ2n) is 2.30. The summed E-state index contributed by atoms with van der Waals surface area (Å²) >= 11 is 0. The van der Waals surface area contributed by atoms with Crippen molar-refractivity contribution in [3.05, 3.63) is 35.9 Å². The van der Waals surface area contributed by atoms with Crippen LogP contribution in [0.4, 0.5) is 0 Å². The highest BCUT2D eigenvalue weighted by Crippen LogP contribution is 1.92. The molecule has 0 aliphatic carbocycles. The molecule has 0 atom stereocenters. The third-order valence-electron chi connectivity index (χ3n) is 1.33. The average Bonchev–Trinajstić information content (AvgIpc) is 2.19. The quantitative estimate of drug-likeness (QED) is 0.253. The maximum Gasteiger partial charge on any atom is 0.231 e. The van der Waals surface area contributed by atoms with Gasteiger partial charge in [-0.15, -0.1) is 5.10 Å². The molecule has 5 heteroatoms. The number of nitrogens with zero attached hydrogens (tertiary/aromatic N) is 2. The highest BCUT2D eigenvalue weighted by molar-refractivity contribution is 5.82. The monoisotopic (exact) mass is 177 g/mol. The van der Waals surface area contributed by atoms with Crippen LogP contribution in [0.5, 0.6) is 0 Å². The van der Waals surface area contributed by atoms with Crippen LogP contribution < -0.4 is 17.0 Å². The molecule has 0 amide bonds. The lowest BCUT2D eigenvalue weighted by molar-refractivity contribution is 0.993. The van der Waals surface area contributed by atoms with Crippen LogP contribution in [0.2, 0.25) is 0 Å². The number of hydrazone groups is 2. The Labute approximate surface area is 76.1 Å². The molecule has 68 valence electrons. The smallest absolute Gasteiger partial charge is 0.231 e. The Balaban J connectivity index is 2.50. The molecule has 1 aromatic rings. The Morgan fingerprint density at radius 3 is 2.62 bits per heavy atom. The molecule has 0 radical (unpaired) electrons. The van der Waals surface area contributed by atoms with Crippen LogP contribution in [0, 0.1) is 0 Å². The molecule has 5 nitrogen and oxygen atoms in total. The maximum atomic E-state index is 5.24. The lowest BCUT2D eigenvalue weighted by atomic mass is 10.2. The number of guanidine groups is 1. The van der Waals surface area contributed by atoms with Crippen molar-refractivity contribution in [1.29, 1.82) is 0 Å². The molecular weight excluding hydrogens is 166 g/mol. The van der Waals surface area contributed by atoms with Crippen LogP contribution in [-0.4, -0.2) is 12.2 Å². The molecule has 0 unspecified atom stereocenters. The predicted octanol–water partition coefficient (Wildman–Crippen LogP) is -0.201. The standard InChI is InChI=1S/C8H11N5/c9-8(12-10)13-11-6-7-4-2-1-3-5-7/h1-6H,10H2,(H3,9,12,13)/b11-6+. The zero-order chi connectivity index (χ0) is 9.52. The van der Waals surface area contributed by atoms with Gasteiger partial charge in [-0.2, -0.15) is 5.10 Å². The summed E-state index contributed by atoms with van der Waals surface area (Å²) < 4.78 is 0. The van der Waals surface area contributed by atoms with Crippen LogP contribution >= 0.6 is 0 Å². The highest BCUT2D eigenvalue weighted by atomic mass is 15.4. The minimum atomic E-state index is 0.0761. The maximum absolute atomic E-state index is 5.24. The first kappa shape index (κ1) is 9.05. The number of nitrogens with two attached hydrogens (primary N) is 2. The summed E-state index contributed by atoms with van der Waals surface area (Å²) in [5.41, 5.74) is 8.66. The van der Waals surface area contributed by atoms with E-state index >= 15 is 0 Å². The van der Waals surface area contributed by atoms with E-state index < -0.39 is 0 Å². The third-order valence-corrected chi connectivity index (χ3v) is 1.33. The van der Waals surface area contributed by atoms with Crippen molar-refractivity contribution >= 4 is 12.2 Å². The van der Waals surface area contributed by atoms with Gasteiger partial charge in [-0.05, 0) is 5.56 Å². The van der Waals surface area contributed by atoms with E-state index in [0.29, 0.717) is 0 Å². The first-order chi connectivity index (χ1) is 6.33. The predicted molar refractivity (Wildman–Crippen MR) is 53.0 cm³/mol. The molecule has 1 aromatic carbocycles. The van der Waals surface area contributed by atoms with E-state index in [0.717, 1.165) is 5.56 Å². The number of benzene rings is 1. The fourth-order valence-corrected chi connectivity index (χ4v) is 0.741. The van der Waals surface area contributed by atoms with Crippen LogP contribution in [0.3, 0.4) is 0 Å². The van der Waals surface area contributed by atoms with Crippen molar-refractivity contribution in [3.8, 4) is 0 Å². The highest BCUT2D eigenvalue weighted by Gasteiger charge is 1.84. The Kier molecular flexibility index (Phi) is 3.31. The normalized spacial score (nSPS) is 11.8. The lowest BCUT2D eigenvalue weighted by Crippen LogP contribution is -2.28. The van der Waals surface area contributed by atoms with Gasteiger partial charge in [0.1, 0.15) is 0 Å². The van der Waals surface area contributed by atoms with E-state index in [1.165, 1.54) is 0 Å². The molecule has 5 N–H and O–H groups in total. The SMILES string of the molecule is N/N=C(/N)N/N=C/c1ccccc1. The van der Waals surface area contributed by atoms with Crippen LogP contribution in [0.1, 0.15) is 5.56 Å². The molecule has 0 saturated carbocycles. The first-order valence-electron chi connectivity index (χ1n) is 3.70. The van der Waals surface area contributed by atoms with Crippen molar-refractivity contribution < 1.29 is 0 Å². The summed E-state index contributed by atoms with van der Waals surface area (Å²) in [5.74, 6) is 4.95. The van der Waals surface area contributed by atoms with Gasteiger partial charge in [-0.25, -0.2) is 5.43 Å². The van der Waals surface area contributed by atoms with Crippen molar-refractivity contribution in [3.63, 3.8) is 0 Å². The zero-order valence-corrected chi connectivity index (χ0v) is 7.01. The molecule has 0 aliphatic rings. The van der Waals surface area contributed by atoms with E-state index in [4.69, 9.17) is 11.6 Å². The number of hydrogen-bond donors (Lipinski definition) is 3. The molecule has 0 spiro atoms. The summed E-state index contributed by atoms with van der Waals surface area (Å²) in [6.07, 6.45) is 1.62. The molecule has 0 saturated heterocycles. The molecule has 0 heterocycles. The fourth-order valence-electron chi connectivity index (χ4n) is 0.741. The summed E-state index contributed by atoms with van der Waals surface area (Å²) in [5, 5.41) is 6.99. The van der Waals surface area contributed by atoms with Crippen LogP contribution in [-0.2, 0) is 0 Å². The minimum Gasteiger partial charge on any atom is -0.367 e. The van der Waals surface area contributed by atoms with Crippen LogP contribution in [0.25, 0.3) is 0 Å². The number of hydrogen-bond acceptors (Lipinski definition) is 3. The Morgan fingerprint density at radius 2 is 2.00 bits per heavy atom. The topological polar surface area (TPSA) is 88.8 Å². The van der Waals surface area contributed by atoms with E-state index in [-0.39, 0.29) is 5.96 Å². The fraction of sp³-hybridized carbons (Fsp3) is 0. The van der Waals surface area contributed by atoms with Gasteiger partial charge in [0.15, 0.2) is 0 Å². The Bertz CT molecular complexity index is 304. The van der Waals surface area contributed by atoms with Gasteiger partial charge in [-0.1, -0.05) is 30.3 Å². The molecule has 0 bridgehead atoms. The van der Waals surface area contributed by atoms with Crippen molar-refractivity contribution in [2.75, 3.05) is 0 Å². The Hall–Kier alpha value is -2.04. The van der Waals surface area contributed by atoms with Crippen molar-refractivity contribution in [2.45, 2.75) is 0 Å². The number of rotatable bonds is 2. The molecule has 0 aliphatic heterocycles. The van der Waals surface area contributed by atoms with E-state index in [9.17, 15) is 0 Å². The second kappa shape index (κ2) is 4.76. The third kappa shape index (κ3) is 3.24. The van der Waals surface area contributed by atoms with Gasteiger partial charge in [-0.3, -0.25) is 0 Å². The summed E-state index contributed by atoms with van der Waals surface area (Å²) in [6, 6.07) is 9.60.